The van der Waals surface area contributed by atoms with Crippen molar-refractivity contribution in [2.75, 3.05) is 13.1 Å². The molecule has 2 saturated heterocycles. The molecule has 3 rings (SSSR count). The number of carbonyl (C=O) groups excluding carboxylic acids is 1. The van der Waals surface area contributed by atoms with Crippen LogP contribution in [0.15, 0.2) is 34.5 Å². The van der Waals surface area contributed by atoms with E-state index in [-0.39, 0.29) is 12.3 Å². The molecule has 1 unspecified atom stereocenters. The van der Waals surface area contributed by atoms with E-state index in [0.29, 0.717) is 5.17 Å². The van der Waals surface area contributed by atoms with Crippen LogP contribution in [0.2, 0.25) is 0 Å². The lowest BCUT2D eigenvalue weighted by molar-refractivity contribution is -0.138. The van der Waals surface area contributed by atoms with Gasteiger partial charge in [-0.25, -0.2) is 0 Å². The van der Waals surface area contributed by atoms with E-state index in [1.54, 1.807) is 6.21 Å². The van der Waals surface area contributed by atoms with Crippen molar-refractivity contribution in [3.05, 3.63) is 35.4 Å². The van der Waals surface area contributed by atoms with Gasteiger partial charge in [-0.05, 0) is 43.0 Å². The molecule has 7 nitrogen and oxygen atoms in total. The van der Waals surface area contributed by atoms with Crippen molar-refractivity contribution in [3.63, 3.8) is 0 Å². The molecule has 1 aromatic carbocycles. The van der Waals surface area contributed by atoms with Crippen LogP contribution in [0.3, 0.4) is 0 Å². The zero-order valence-electron chi connectivity index (χ0n) is 15.3. The summed E-state index contributed by atoms with van der Waals surface area (Å²) in [5.41, 5.74) is 2.19. The lowest BCUT2D eigenvalue weighted by Gasteiger charge is -2.30. The minimum atomic E-state index is -1.01. The van der Waals surface area contributed by atoms with Gasteiger partial charge in [-0.3, -0.25) is 14.5 Å². The zero-order valence-corrected chi connectivity index (χ0v) is 16.1. The third-order valence-electron chi connectivity index (χ3n) is 4.81. The molecule has 2 heterocycles. The molecule has 2 fully saturated rings. The molecule has 0 saturated carbocycles. The number of rotatable bonds is 6. The number of benzene rings is 1. The first-order valence-corrected chi connectivity index (χ1v) is 10.00. The second-order valence-electron chi connectivity index (χ2n) is 7.00. The summed E-state index contributed by atoms with van der Waals surface area (Å²) in [6, 6.07) is 8.08. The van der Waals surface area contributed by atoms with E-state index in [1.807, 2.05) is 18.2 Å². The maximum absolute atomic E-state index is 11.7. The van der Waals surface area contributed by atoms with Crippen LogP contribution in [0.1, 0.15) is 37.3 Å². The van der Waals surface area contributed by atoms with E-state index in [9.17, 15) is 9.59 Å². The molecule has 0 spiro atoms. The lowest BCUT2D eigenvalue weighted by atomic mass is 9.98. The molecule has 0 aliphatic carbocycles. The number of thioether (sulfide) groups is 1. The molecule has 1 atom stereocenters. The summed E-state index contributed by atoms with van der Waals surface area (Å²) in [6.45, 7) is 5.42. The second-order valence-corrected chi connectivity index (χ2v) is 8.19. The summed E-state index contributed by atoms with van der Waals surface area (Å²) in [5, 5.41) is 19.2. The summed E-state index contributed by atoms with van der Waals surface area (Å²) in [6.07, 6.45) is 3.93. The summed E-state index contributed by atoms with van der Waals surface area (Å²) in [5.74, 6) is -0.539. The zero-order chi connectivity index (χ0) is 19.2. The summed E-state index contributed by atoms with van der Waals surface area (Å²) < 4.78 is 0. The van der Waals surface area contributed by atoms with Crippen LogP contribution < -0.4 is 5.32 Å². The number of amidine groups is 1. The minimum absolute atomic E-state index is 0.226. The molecular formula is C19H24N4O3S. The Balaban J connectivity index is 1.62. The highest BCUT2D eigenvalue weighted by Crippen LogP contribution is 2.22. The Labute approximate surface area is 162 Å². The van der Waals surface area contributed by atoms with Gasteiger partial charge >= 0.3 is 5.97 Å². The normalized spacial score (nSPS) is 23.2. The number of hydrogen-bond acceptors (Lipinski definition) is 6. The maximum atomic E-state index is 11.7. The van der Waals surface area contributed by atoms with Crippen LogP contribution in [-0.2, 0) is 16.1 Å². The quantitative estimate of drug-likeness (QED) is 0.576. The Hall–Kier alpha value is -2.19. The Bertz CT molecular complexity index is 757. The highest BCUT2D eigenvalue weighted by Gasteiger charge is 2.32. The van der Waals surface area contributed by atoms with Gasteiger partial charge in [-0.15, -0.1) is 5.10 Å². The average molecular weight is 388 g/mol. The van der Waals surface area contributed by atoms with Gasteiger partial charge in [0.2, 0.25) is 5.91 Å². The Morgan fingerprint density at radius 1 is 1.37 bits per heavy atom. The maximum Gasteiger partial charge on any atom is 0.305 e. The molecule has 2 aliphatic heterocycles. The molecular weight excluding hydrogens is 364 g/mol. The molecule has 144 valence electrons. The number of nitrogens with zero attached hydrogens (tertiary/aromatic N) is 3. The first-order valence-electron chi connectivity index (χ1n) is 9.12. The van der Waals surface area contributed by atoms with E-state index in [1.165, 1.54) is 18.4 Å². The van der Waals surface area contributed by atoms with Crippen LogP contribution >= 0.6 is 11.8 Å². The van der Waals surface area contributed by atoms with Crippen LogP contribution in [0, 0.1) is 5.92 Å². The van der Waals surface area contributed by atoms with Crippen molar-refractivity contribution in [2.45, 2.75) is 38.0 Å². The van der Waals surface area contributed by atoms with Crippen molar-refractivity contribution in [1.29, 1.82) is 0 Å². The van der Waals surface area contributed by atoms with Crippen molar-refractivity contribution in [3.8, 4) is 0 Å². The molecule has 0 aromatic heterocycles. The van der Waals surface area contributed by atoms with Crippen molar-refractivity contribution < 1.29 is 14.7 Å². The Kier molecular flexibility index (Phi) is 6.63. The van der Waals surface area contributed by atoms with E-state index < -0.39 is 11.2 Å². The Morgan fingerprint density at radius 2 is 2.11 bits per heavy atom. The van der Waals surface area contributed by atoms with Gasteiger partial charge in [0.1, 0.15) is 5.25 Å². The van der Waals surface area contributed by atoms with Crippen molar-refractivity contribution in [1.82, 2.24) is 10.2 Å². The number of piperidine rings is 1. The first-order chi connectivity index (χ1) is 13.0. The second kappa shape index (κ2) is 9.14. The lowest BCUT2D eigenvalue weighted by Crippen LogP contribution is -2.32. The fraction of sp³-hybridized carbons (Fsp3) is 0.474. The van der Waals surface area contributed by atoms with Crippen LogP contribution in [0.5, 0.6) is 0 Å². The van der Waals surface area contributed by atoms with E-state index >= 15 is 0 Å². The number of aliphatic carboxylic acids is 1. The number of carboxylic acids is 1. The highest BCUT2D eigenvalue weighted by molar-refractivity contribution is 8.15. The minimum Gasteiger partial charge on any atom is -0.481 e. The predicted molar refractivity (Wildman–Crippen MR) is 107 cm³/mol. The SMILES string of the molecule is CC1CCN(Cc2ccccc2C=NN=C2NC(=O)C(CC(=O)O)S2)CC1. The third kappa shape index (κ3) is 5.64. The molecule has 27 heavy (non-hydrogen) atoms. The first kappa shape index (κ1) is 19.6. The molecule has 0 bridgehead atoms. The largest absolute Gasteiger partial charge is 0.481 e. The van der Waals surface area contributed by atoms with Crippen LogP contribution in [0.25, 0.3) is 0 Å². The molecule has 2 aliphatic rings. The number of amides is 1. The number of nitrogens with one attached hydrogen (secondary N) is 1. The van der Waals surface area contributed by atoms with Crippen molar-refractivity contribution >= 4 is 35.0 Å². The standard InChI is InChI=1S/C19H24N4O3S/c1-13-6-8-23(9-7-13)12-15-5-3-2-4-14(15)11-20-22-19-21-18(26)16(27-19)10-17(24)25/h2-5,11,13,16H,6-10,12H2,1H3,(H,24,25)(H,21,22,26). The number of carboxylic acid groups (broad SMARTS) is 1. The van der Waals surface area contributed by atoms with Gasteiger partial charge in [0, 0.05) is 6.54 Å². The van der Waals surface area contributed by atoms with Crippen LogP contribution in [0.4, 0.5) is 0 Å². The van der Waals surface area contributed by atoms with Crippen molar-refractivity contribution in [2.24, 2.45) is 16.1 Å². The van der Waals surface area contributed by atoms with Crippen LogP contribution in [-0.4, -0.2) is 51.6 Å². The number of hydrogen-bond donors (Lipinski definition) is 2. The number of likely N-dealkylation sites (tertiary alicyclic amines) is 1. The third-order valence-corrected chi connectivity index (χ3v) is 5.88. The van der Waals surface area contributed by atoms with Gasteiger partial charge in [0.15, 0.2) is 5.17 Å². The average Bonchev–Trinajstić information content (AvgIpc) is 2.97. The van der Waals surface area contributed by atoms with Gasteiger partial charge in [0.05, 0.1) is 12.6 Å². The van der Waals surface area contributed by atoms with Gasteiger partial charge in [-0.1, -0.05) is 43.0 Å². The van der Waals surface area contributed by atoms with E-state index in [2.05, 4.69) is 33.4 Å². The molecule has 0 radical (unpaired) electrons. The van der Waals surface area contributed by atoms with E-state index in [0.717, 1.165) is 42.9 Å². The number of carbonyl (C=O) groups is 2. The van der Waals surface area contributed by atoms with Gasteiger partial charge in [0.25, 0.3) is 0 Å². The van der Waals surface area contributed by atoms with Gasteiger partial charge in [-0.2, -0.15) is 5.10 Å². The van der Waals surface area contributed by atoms with E-state index in [4.69, 9.17) is 5.11 Å². The molecule has 1 amide bonds. The highest BCUT2D eigenvalue weighted by atomic mass is 32.2. The van der Waals surface area contributed by atoms with Gasteiger partial charge < -0.3 is 10.4 Å². The summed E-state index contributed by atoms with van der Waals surface area (Å²) >= 11 is 1.10. The predicted octanol–water partition coefficient (Wildman–Crippen LogP) is 2.31. The topological polar surface area (TPSA) is 94.4 Å². The smallest absolute Gasteiger partial charge is 0.305 e. The summed E-state index contributed by atoms with van der Waals surface area (Å²) in [7, 11) is 0. The summed E-state index contributed by atoms with van der Waals surface area (Å²) in [4.78, 5) is 24.9. The Morgan fingerprint density at radius 3 is 2.85 bits per heavy atom. The fourth-order valence-electron chi connectivity index (χ4n) is 3.15. The molecule has 8 heteroatoms. The molecule has 2 N–H and O–H groups in total. The fourth-order valence-corrected chi connectivity index (χ4v) is 4.07. The molecule has 1 aromatic rings. The monoisotopic (exact) mass is 388 g/mol.